The van der Waals surface area contributed by atoms with Gasteiger partial charge in [-0.3, -0.25) is 14.7 Å². The minimum atomic E-state index is -1.02. The van der Waals surface area contributed by atoms with E-state index >= 15 is 0 Å². The van der Waals surface area contributed by atoms with Crippen LogP contribution in [0.4, 0.5) is 0 Å². The molecule has 0 aliphatic carbocycles. The Balaban J connectivity index is 2.24. The summed E-state index contributed by atoms with van der Waals surface area (Å²) in [4.78, 5) is 29.6. The van der Waals surface area contributed by atoms with Gasteiger partial charge in [0, 0.05) is 12.4 Å². The number of thiocarbonyl (C=S) groups is 1. The first-order valence-corrected chi connectivity index (χ1v) is 8.17. The number of aliphatic carboxylic acids is 1. The molecule has 1 atom stereocenters. The maximum absolute atomic E-state index is 12.5. The van der Waals surface area contributed by atoms with E-state index in [0.717, 1.165) is 30.2 Å². The van der Waals surface area contributed by atoms with Crippen LogP contribution in [0.5, 0.6) is 0 Å². The van der Waals surface area contributed by atoms with Crippen molar-refractivity contribution in [1.82, 2.24) is 9.88 Å². The largest absolute Gasteiger partial charge is 0.480 e. The minimum absolute atomic E-state index is 0.295. The Bertz CT molecular complexity index is 616. The number of carbonyl (C=O) groups is 2. The fraction of sp³-hybridized carbons (Fsp3) is 0.333. The molecule has 1 saturated heterocycles. The second kappa shape index (κ2) is 7.51. The Kier molecular flexibility index (Phi) is 5.68. The molecule has 0 saturated carbocycles. The number of carboxylic acid groups (broad SMARTS) is 1. The standard InChI is InChI=1S/C15H16N2O3S2/c1-2-3-6-11(14(19)20)17-13(18)12(22-15(17)21)8-10-5-4-7-16-9-10/h4-5,7-9,11H,2-3,6H2,1H3,(H,19,20)/b12-8+/t11-/m1/s1. The molecule has 2 heterocycles. The summed E-state index contributed by atoms with van der Waals surface area (Å²) in [5.74, 6) is -1.37. The summed E-state index contributed by atoms with van der Waals surface area (Å²) in [6, 6.07) is 2.70. The number of carboxylic acids is 1. The van der Waals surface area contributed by atoms with E-state index in [1.807, 2.05) is 13.0 Å². The van der Waals surface area contributed by atoms with Gasteiger partial charge in [-0.15, -0.1) is 0 Å². The molecule has 7 heteroatoms. The molecule has 1 aliphatic rings. The number of thioether (sulfide) groups is 1. The van der Waals surface area contributed by atoms with Gasteiger partial charge in [-0.2, -0.15) is 0 Å². The van der Waals surface area contributed by atoms with Gasteiger partial charge in [-0.1, -0.05) is 49.8 Å². The van der Waals surface area contributed by atoms with E-state index in [4.69, 9.17) is 12.2 Å². The van der Waals surface area contributed by atoms with Crippen molar-refractivity contribution in [2.24, 2.45) is 0 Å². The molecule has 1 aliphatic heterocycles. The first-order valence-electron chi connectivity index (χ1n) is 6.94. The average molecular weight is 336 g/mol. The summed E-state index contributed by atoms with van der Waals surface area (Å²) >= 11 is 6.34. The van der Waals surface area contributed by atoms with Gasteiger partial charge in [0.15, 0.2) is 0 Å². The quantitative estimate of drug-likeness (QED) is 0.636. The SMILES string of the molecule is CCCC[C@H](C(=O)O)N1C(=O)/C(=C\c2cccnc2)SC1=S. The van der Waals surface area contributed by atoms with Crippen molar-refractivity contribution in [3.05, 3.63) is 35.0 Å². The van der Waals surface area contributed by atoms with Crippen LogP contribution in [-0.2, 0) is 9.59 Å². The Hall–Kier alpha value is -1.73. The summed E-state index contributed by atoms with van der Waals surface area (Å²) < 4.78 is 0.295. The highest BCUT2D eigenvalue weighted by Gasteiger charge is 2.40. The zero-order valence-corrected chi connectivity index (χ0v) is 13.7. The van der Waals surface area contributed by atoms with E-state index in [2.05, 4.69) is 4.98 Å². The lowest BCUT2D eigenvalue weighted by Gasteiger charge is -2.22. The molecule has 0 radical (unpaired) electrons. The molecule has 0 spiro atoms. The highest BCUT2D eigenvalue weighted by atomic mass is 32.2. The van der Waals surface area contributed by atoms with Gasteiger partial charge in [-0.05, 0) is 24.1 Å². The van der Waals surface area contributed by atoms with Crippen LogP contribution < -0.4 is 0 Å². The van der Waals surface area contributed by atoms with Crippen LogP contribution in [-0.4, -0.2) is 37.2 Å². The number of pyridine rings is 1. The zero-order valence-electron chi connectivity index (χ0n) is 12.1. The zero-order chi connectivity index (χ0) is 16.1. The third kappa shape index (κ3) is 3.72. The van der Waals surface area contributed by atoms with Crippen LogP contribution in [0, 0.1) is 0 Å². The monoisotopic (exact) mass is 336 g/mol. The lowest BCUT2D eigenvalue weighted by atomic mass is 10.1. The van der Waals surface area contributed by atoms with E-state index < -0.39 is 12.0 Å². The third-order valence-corrected chi connectivity index (χ3v) is 4.56. The van der Waals surface area contributed by atoms with Crippen LogP contribution in [0.25, 0.3) is 6.08 Å². The lowest BCUT2D eigenvalue weighted by molar-refractivity contribution is -0.145. The van der Waals surface area contributed by atoms with E-state index in [-0.39, 0.29) is 5.91 Å². The highest BCUT2D eigenvalue weighted by molar-refractivity contribution is 8.26. The molecule has 22 heavy (non-hydrogen) atoms. The Labute approximate surface area is 138 Å². The van der Waals surface area contributed by atoms with Crippen molar-refractivity contribution in [3.63, 3.8) is 0 Å². The van der Waals surface area contributed by atoms with Crippen molar-refractivity contribution >= 4 is 46.3 Å². The van der Waals surface area contributed by atoms with E-state index in [0.29, 0.717) is 15.6 Å². The summed E-state index contributed by atoms with van der Waals surface area (Å²) in [6.07, 6.45) is 6.97. The molecular weight excluding hydrogens is 320 g/mol. The number of aromatic nitrogens is 1. The maximum Gasteiger partial charge on any atom is 0.326 e. The smallest absolute Gasteiger partial charge is 0.326 e. The predicted octanol–water partition coefficient (Wildman–Crippen LogP) is 2.93. The van der Waals surface area contributed by atoms with Crippen molar-refractivity contribution in [3.8, 4) is 0 Å². The second-order valence-electron chi connectivity index (χ2n) is 4.83. The molecule has 0 aromatic carbocycles. The molecule has 2 rings (SSSR count). The summed E-state index contributed by atoms with van der Waals surface area (Å²) in [5, 5.41) is 9.38. The molecule has 1 aromatic rings. The van der Waals surface area contributed by atoms with Crippen LogP contribution in [0.1, 0.15) is 31.7 Å². The van der Waals surface area contributed by atoms with Crippen LogP contribution in [0.15, 0.2) is 29.4 Å². The highest BCUT2D eigenvalue weighted by Crippen LogP contribution is 2.34. The number of amides is 1. The average Bonchev–Trinajstić information content (AvgIpc) is 2.76. The number of unbranched alkanes of at least 4 members (excludes halogenated alkanes) is 1. The van der Waals surface area contributed by atoms with Gasteiger partial charge in [0.1, 0.15) is 10.4 Å². The van der Waals surface area contributed by atoms with Crippen LogP contribution in [0.2, 0.25) is 0 Å². The number of hydrogen-bond donors (Lipinski definition) is 1. The molecule has 1 amide bonds. The first-order chi connectivity index (χ1) is 10.5. The molecule has 0 unspecified atom stereocenters. The fourth-order valence-electron chi connectivity index (χ4n) is 2.12. The Morgan fingerprint density at radius 2 is 2.36 bits per heavy atom. The molecule has 5 nitrogen and oxygen atoms in total. The number of nitrogens with zero attached hydrogens (tertiary/aromatic N) is 2. The van der Waals surface area contributed by atoms with E-state index in [1.54, 1.807) is 24.5 Å². The van der Waals surface area contributed by atoms with Gasteiger partial charge in [0.05, 0.1) is 4.91 Å². The summed E-state index contributed by atoms with van der Waals surface area (Å²) in [7, 11) is 0. The van der Waals surface area contributed by atoms with Crippen molar-refractivity contribution in [2.45, 2.75) is 32.2 Å². The van der Waals surface area contributed by atoms with Crippen molar-refractivity contribution in [2.75, 3.05) is 0 Å². The Morgan fingerprint density at radius 3 is 2.95 bits per heavy atom. The predicted molar refractivity (Wildman–Crippen MR) is 90.2 cm³/mol. The fourth-order valence-corrected chi connectivity index (χ4v) is 3.48. The number of rotatable bonds is 6. The van der Waals surface area contributed by atoms with E-state index in [9.17, 15) is 14.7 Å². The summed E-state index contributed by atoms with van der Waals surface area (Å²) in [6.45, 7) is 1.98. The number of carbonyl (C=O) groups excluding carboxylic acids is 1. The van der Waals surface area contributed by atoms with E-state index in [1.165, 1.54) is 4.90 Å². The maximum atomic E-state index is 12.5. The van der Waals surface area contributed by atoms with Gasteiger partial charge in [0.2, 0.25) is 0 Å². The van der Waals surface area contributed by atoms with Crippen LogP contribution in [0.3, 0.4) is 0 Å². The van der Waals surface area contributed by atoms with Crippen LogP contribution >= 0.6 is 24.0 Å². The Morgan fingerprint density at radius 1 is 1.59 bits per heavy atom. The molecule has 1 fully saturated rings. The first kappa shape index (κ1) is 16.6. The van der Waals surface area contributed by atoms with Crippen molar-refractivity contribution in [1.29, 1.82) is 0 Å². The molecule has 0 bridgehead atoms. The van der Waals surface area contributed by atoms with Gasteiger partial charge >= 0.3 is 5.97 Å². The number of hydrogen-bond acceptors (Lipinski definition) is 5. The molecule has 116 valence electrons. The molecule has 1 N–H and O–H groups in total. The minimum Gasteiger partial charge on any atom is -0.480 e. The van der Waals surface area contributed by atoms with Crippen molar-refractivity contribution < 1.29 is 14.7 Å². The summed E-state index contributed by atoms with van der Waals surface area (Å²) in [5.41, 5.74) is 0.781. The topological polar surface area (TPSA) is 70.5 Å². The van der Waals surface area contributed by atoms with Gasteiger partial charge in [-0.25, -0.2) is 4.79 Å². The molecule has 1 aromatic heterocycles. The molecular formula is C15H16N2O3S2. The van der Waals surface area contributed by atoms with Gasteiger partial charge in [0.25, 0.3) is 5.91 Å². The third-order valence-electron chi connectivity index (χ3n) is 3.23. The second-order valence-corrected chi connectivity index (χ2v) is 6.51. The lowest BCUT2D eigenvalue weighted by Crippen LogP contribution is -2.43. The normalized spacial score (nSPS) is 18.0. The van der Waals surface area contributed by atoms with Gasteiger partial charge < -0.3 is 5.11 Å².